The van der Waals surface area contributed by atoms with Crippen molar-refractivity contribution < 1.29 is 77.0 Å². The van der Waals surface area contributed by atoms with Gasteiger partial charge in [0, 0.05) is 10.8 Å². The Morgan fingerprint density at radius 1 is 0.689 bits per heavy atom. The van der Waals surface area contributed by atoms with E-state index in [2.05, 4.69) is 64.1 Å². The van der Waals surface area contributed by atoms with Crippen LogP contribution in [0.2, 0.25) is 0 Å². The molecule has 0 saturated carbocycles. The summed E-state index contributed by atoms with van der Waals surface area (Å²) in [6.07, 6.45) is 12.7. The molecule has 246 valence electrons. The van der Waals surface area contributed by atoms with Crippen molar-refractivity contribution in [2.45, 2.75) is 122 Å². The normalized spacial score (nSPS) is 10.4. The minimum Gasteiger partial charge on any atom is -0.870 e. The van der Waals surface area contributed by atoms with Crippen molar-refractivity contribution in [1.82, 2.24) is 0 Å². The maximum absolute atomic E-state index is 11.3. The van der Waals surface area contributed by atoms with Crippen molar-refractivity contribution in [3.63, 3.8) is 0 Å². The van der Waals surface area contributed by atoms with E-state index in [0.717, 1.165) is 82.6 Å². The molecule has 0 radical (unpaired) electrons. The summed E-state index contributed by atoms with van der Waals surface area (Å²) >= 11 is 0. The number of carboxylic acid groups (broad SMARTS) is 1. The van der Waals surface area contributed by atoms with Crippen molar-refractivity contribution in [3.05, 3.63) is 71.8 Å². The molecular weight excluding hydrogens is 592 g/mol. The van der Waals surface area contributed by atoms with Crippen LogP contribution in [0.4, 0.5) is 0 Å². The van der Waals surface area contributed by atoms with E-state index in [-0.39, 0.29) is 87.3 Å². The molecule has 0 spiro atoms. The molecule has 0 bridgehead atoms. The van der Waals surface area contributed by atoms with Crippen molar-refractivity contribution >= 4 is 5.97 Å². The zero-order valence-electron chi connectivity index (χ0n) is 28.5. The standard InChI is InChI=1S/C18H24N2.C17H26O2.C2H6O2.K.H2O/c1-3-5-12-18(13-6-4-2,17(14-19)15-20)16-10-8-7-9-11-16;1-3-5-12-17(13-6-4-2,14-16(18)19)15-10-8-7-9-11-15;3-1-2-4;;/h7-11,17H,3-6,12-13H2,1-2H3;7-11H,3-6,12-14H2,1-2H3,(H,18,19);3-4H,1-2H2;;1H2/q;;;+1;/p-1. The van der Waals surface area contributed by atoms with Crippen LogP contribution in [0.5, 0.6) is 0 Å². The molecule has 0 saturated heterocycles. The van der Waals surface area contributed by atoms with Crippen LogP contribution in [0.15, 0.2) is 60.7 Å². The molecule has 0 atom stereocenters. The summed E-state index contributed by atoms with van der Waals surface area (Å²) in [6, 6.07) is 24.9. The predicted octanol–water partition coefficient (Wildman–Crippen LogP) is 5.55. The Morgan fingerprint density at radius 3 is 1.36 bits per heavy atom. The molecule has 2 aromatic carbocycles. The van der Waals surface area contributed by atoms with Gasteiger partial charge >= 0.3 is 57.4 Å². The predicted molar refractivity (Wildman–Crippen MR) is 177 cm³/mol. The first-order chi connectivity index (χ1) is 20.8. The number of aliphatic hydroxyl groups is 2. The minimum atomic E-state index is -0.684. The third-order valence-electron chi connectivity index (χ3n) is 8.11. The molecule has 4 N–H and O–H groups in total. The number of nitriles is 2. The van der Waals surface area contributed by atoms with Crippen LogP contribution >= 0.6 is 0 Å². The van der Waals surface area contributed by atoms with Crippen molar-refractivity contribution in [3.8, 4) is 12.1 Å². The molecule has 2 aromatic rings. The van der Waals surface area contributed by atoms with Gasteiger partial charge in [-0.05, 0) is 36.8 Å². The second kappa shape index (κ2) is 29.8. The number of aliphatic hydroxyl groups excluding tert-OH is 2. The zero-order valence-corrected chi connectivity index (χ0v) is 31.7. The average molecular weight is 649 g/mol. The van der Waals surface area contributed by atoms with Gasteiger partial charge in [0.1, 0.15) is 5.92 Å². The zero-order chi connectivity index (χ0) is 32.4. The first-order valence-corrected chi connectivity index (χ1v) is 16.1. The first kappa shape index (κ1) is 47.8. The molecule has 0 aromatic heterocycles. The topological polar surface area (TPSA) is 155 Å². The van der Waals surface area contributed by atoms with E-state index >= 15 is 0 Å². The molecule has 0 aliphatic heterocycles. The molecule has 0 amide bonds. The van der Waals surface area contributed by atoms with Gasteiger partial charge in [0.2, 0.25) is 0 Å². The van der Waals surface area contributed by atoms with Gasteiger partial charge in [0.15, 0.2) is 0 Å². The minimum absolute atomic E-state index is 0. The number of carboxylic acids is 1. The van der Waals surface area contributed by atoms with Gasteiger partial charge < -0.3 is 20.8 Å². The number of benzene rings is 2. The summed E-state index contributed by atoms with van der Waals surface area (Å²) in [6.45, 7) is 8.39. The number of hydrogen-bond donors (Lipinski definition) is 3. The van der Waals surface area contributed by atoms with Crippen LogP contribution in [0, 0.1) is 28.6 Å². The second-order valence-corrected chi connectivity index (χ2v) is 11.3. The SMILES string of the molecule is CCCCC(CCCC)(CC(=O)O)c1ccccc1.CCCCC(CCCC)(c1ccccc1)C(C#N)C#N.OCCO.[K+].[OH-]. The fraction of sp³-hybridized carbons (Fsp3) is 0.595. The summed E-state index contributed by atoms with van der Waals surface area (Å²) in [5.74, 6) is -1.25. The van der Waals surface area contributed by atoms with Crippen molar-refractivity contribution in [2.24, 2.45) is 5.92 Å². The maximum atomic E-state index is 11.3. The number of aliphatic carboxylic acids is 1. The summed E-state index contributed by atoms with van der Waals surface area (Å²) < 4.78 is 0. The van der Waals surface area contributed by atoms with Gasteiger partial charge in [0.25, 0.3) is 0 Å². The largest absolute Gasteiger partial charge is 1.00 e. The third-order valence-corrected chi connectivity index (χ3v) is 8.11. The Balaban J connectivity index is -0.000000674. The van der Waals surface area contributed by atoms with E-state index in [9.17, 15) is 20.4 Å². The molecular formula is C37H57KN2O5. The molecule has 0 heterocycles. The van der Waals surface area contributed by atoms with Crippen molar-refractivity contribution in [1.29, 1.82) is 10.5 Å². The van der Waals surface area contributed by atoms with Crippen LogP contribution in [0.25, 0.3) is 0 Å². The van der Waals surface area contributed by atoms with Gasteiger partial charge in [-0.2, -0.15) is 10.5 Å². The van der Waals surface area contributed by atoms with E-state index in [1.807, 2.05) is 36.4 Å². The first-order valence-electron chi connectivity index (χ1n) is 16.1. The molecule has 7 nitrogen and oxygen atoms in total. The fourth-order valence-corrected chi connectivity index (χ4v) is 5.70. The van der Waals surface area contributed by atoms with Crippen LogP contribution in [0.3, 0.4) is 0 Å². The number of nitrogens with zero attached hydrogens (tertiary/aromatic N) is 2. The number of unbranched alkanes of at least 4 members (excludes halogenated alkanes) is 4. The second-order valence-electron chi connectivity index (χ2n) is 11.3. The molecule has 0 fully saturated rings. The smallest absolute Gasteiger partial charge is 0.870 e. The molecule has 8 heteroatoms. The Bertz CT molecular complexity index is 1020. The number of rotatable bonds is 18. The van der Waals surface area contributed by atoms with E-state index in [1.54, 1.807) is 0 Å². The van der Waals surface area contributed by atoms with Crippen LogP contribution in [-0.2, 0) is 15.6 Å². The molecule has 0 aliphatic carbocycles. The Labute approximate surface area is 315 Å². The Hall–Kier alpha value is -1.59. The van der Waals surface area contributed by atoms with Crippen LogP contribution in [0.1, 0.15) is 122 Å². The maximum Gasteiger partial charge on any atom is 1.00 e. The van der Waals surface area contributed by atoms with E-state index < -0.39 is 11.9 Å². The Morgan fingerprint density at radius 2 is 1.04 bits per heavy atom. The number of hydrogen-bond acceptors (Lipinski definition) is 6. The summed E-state index contributed by atoms with van der Waals surface area (Å²) in [5, 5.41) is 43.5. The molecule has 45 heavy (non-hydrogen) atoms. The quantitative estimate of drug-likeness (QED) is 0.179. The van der Waals surface area contributed by atoms with Crippen LogP contribution in [-0.4, -0.2) is 40.0 Å². The average Bonchev–Trinajstić information content (AvgIpc) is 3.05. The number of carbonyl (C=O) groups is 1. The molecule has 2 rings (SSSR count). The monoisotopic (exact) mass is 648 g/mol. The fourth-order valence-electron chi connectivity index (χ4n) is 5.70. The summed E-state index contributed by atoms with van der Waals surface area (Å²) in [5.41, 5.74) is 1.85. The molecule has 0 aliphatic rings. The summed E-state index contributed by atoms with van der Waals surface area (Å²) in [7, 11) is 0. The van der Waals surface area contributed by atoms with Gasteiger partial charge in [-0.25, -0.2) is 0 Å². The van der Waals surface area contributed by atoms with Gasteiger partial charge in [0.05, 0.1) is 31.8 Å². The van der Waals surface area contributed by atoms with Crippen molar-refractivity contribution in [2.75, 3.05) is 13.2 Å². The van der Waals surface area contributed by atoms with E-state index in [4.69, 9.17) is 10.2 Å². The van der Waals surface area contributed by atoms with Gasteiger partial charge in [-0.15, -0.1) is 0 Å². The third kappa shape index (κ3) is 17.8. The molecule has 0 unspecified atom stereocenters. The van der Waals surface area contributed by atoms with E-state index in [0.29, 0.717) is 0 Å². The van der Waals surface area contributed by atoms with Gasteiger partial charge in [-0.3, -0.25) is 4.79 Å². The van der Waals surface area contributed by atoms with E-state index in [1.165, 1.54) is 5.56 Å². The van der Waals surface area contributed by atoms with Gasteiger partial charge in [-0.1, -0.05) is 140 Å². The Kier molecular flexibility index (Phi) is 31.6. The van der Waals surface area contributed by atoms with Crippen LogP contribution < -0.4 is 51.4 Å². The summed E-state index contributed by atoms with van der Waals surface area (Å²) in [4.78, 5) is 11.3.